The molecule has 1 N–H and O–H groups in total. The van der Waals surface area contributed by atoms with Crippen LogP contribution in [-0.2, 0) is 23.1 Å². The number of thiophene rings is 1. The quantitative estimate of drug-likeness (QED) is 0.410. The van der Waals surface area contributed by atoms with Crippen molar-refractivity contribution in [2.75, 3.05) is 24.7 Å². The number of carbonyl (C=O) groups excluding carboxylic acids is 2. The lowest BCUT2D eigenvalue weighted by Crippen LogP contribution is -2.42. The van der Waals surface area contributed by atoms with Crippen LogP contribution in [0.1, 0.15) is 15.4 Å². The summed E-state index contributed by atoms with van der Waals surface area (Å²) >= 11 is 7.04. The van der Waals surface area contributed by atoms with Gasteiger partial charge in [-0.3, -0.25) is 14.2 Å². The molecule has 1 saturated heterocycles. The number of amides is 2. The van der Waals surface area contributed by atoms with E-state index in [1.165, 1.54) is 15.7 Å². The van der Waals surface area contributed by atoms with Gasteiger partial charge in [0.05, 0.1) is 52.0 Å². The molecule has 1 aliphatic rings. The highest BCUT2D eigenvalue weighted by atomic mass is 35.5. The summed E-state index contributed by atoms with van der Waals surface area (Å²) in [5.41, 5.74) is 0.691. The fourth-order valence-electron chi connectivity index (χ4n) is 3.84. The van der Waals surface area contributed by atoms with Crippen LogP contribution in [-0.4, -0.2) is 50.7 Å². The second-order valence-electron chi connectivity index (χ2n) is 7.96. The molecule has 5 rings (SSSR count). The zero-order chi connectivity index (χ0) is 25.4. The molecule has 2 amide bonds. The van der Waals surface area contributed by atoms with Crippen LogP contribution in [0.25, 0.3) is 17.2 Å². The Morgan fingerprint density at radius 2 is 2.03 bits per heavy atom. The van der Waals surface area contributed by atoms with Gasteiger partial charge in [-0.05, 0) is 12.1 Å². The number of hydrogen-bond acceptors (Lipinski definition) is 6. The first-order chi connectivity index (χ1) is 17.3. The van der Waals surface area contributed by atoms with Crippen LogP contribution in [0.4, 0.5) is 14.5 Å². The smallest absolute Gasteiger partial charge is 0.261 e. The maximum Gasteiger partial charge on any atom is 0.261 e. The van der Waals surface area contributed by atoms with Crippen molar-refractivity contribution in [2.45, 2.75) is 6.54 Å². The molecule has 0 bridgehead atoms. The summed E-state index contributed by atoms with van der Waals surface area (Å²) in [6.45, 7) is 0.199. The van der Waals surface area contributed by atoms with Gasteiger partial charge in [0.15, 0.2) is 5.82 Å². The number of aromatic nitrogens is 4. The molecule has 0 radical (unpaired) electrons. The average Bonchev–Trinajstić information content (AvgIpc) is 3.59. The molecule has 36 heavy (non-hydrogen) atoms. The number of carbonyl (C=O) groups is 2. The van der Waals surface area contributed by atoms with Crippen molar-refractivity contribution >= 4 is 40.4 Å². The normalized spacial score (nSPS) is 13.9. The summed E-state index contributed by atoms with van der Waals surface area (Å²) in [5.74, 6) is -2.01. The van der Waals surface area contributed by atoms with Crippen LogP contribution >= 0.6 is 22.9 Å². The molecule has 1 aromatic carbocycles. The minimum Gasteiger partial charge on any atom is -0.370 e. The summed E-state index contributed by atoms with van der Waals surface area (Å²) in [4.78, 5) is 34.8. The van der Waals surface area contributed by atoms with Gasteiger partial charge in [-0.15, -0.1) is 11.3 Å². The van der Waals surface area contributed by atoms with Gasteiger partial charge in [0.1, 0.15) is 23.9 Å². The molecule has 9 nitrogen and oxygen atoms in total. The predicted molar refractivity (Wildman–Crippen MR) is 129 cm³/mol. The molecule has 0 aliphatic carbocycles. The third-order valence-electron chi connectivity index (χ3n) is 5.58. The van der Waals surface area contributed by atoms with Gasteiger partial charge < -0.3 is 19.5 Å². The van der Waals surface area contributed by atoms with Crippen molar-refractivity contribution in [1.82, 2.24) is 24.4 Å². The summed E-state index contributed by atoms with van der Waals surface area (Å²) in [6.07, 6.45) is 4.62. The molecule has 13 heteroatoms. The number of imidazole rings is 2. The summed E-state index contributed by atoms with van der Waals surface area (Å²) in [6, 6.07) is 5.25. The first-order valence-electron chi connectivity index (χ1n) is 10.8. The molecular weight excluding hydrogens is 514 g/mol. The highest BCUT2D eigenvalue weighted by Gasteiger charge is 2.26. The number of morpholine rings is 1. The predicted octanol–water partition coefficient (Wildman–Crippen LogP) is 3.56. The second-order valence-corrected chi connectivity index (χ2v) is 9.67. The van der Waals surface area contributed by atoms with Crippen LogP contribution < -0.4 is 10.2 Å². The molecule has 1 aliphatic heterocycles. The van der Waals surface area contributed by atoms with Gasteiger partial charge >= 0.3 is 0 Å². The van der Waals surface area contributed by atoms with E-state index in [0.29, 0.717) is 26.4 Å². The monoisotopic (exact) mass is 532 g/mol. The Bertz CT molecular complexity index is 1470. The van der Waals surface area contributed by atoms with E-state index in [2.05, 4.69) is 15.3 Å². The number of nitrogens with one attached hydrogen (secondary N) is 1. The highest BCUT2D eigenvalue weighted by Crippen LogP contribution is 2.30. The van der Waals surface area contributed by atoms with Crippen molar-refractivity contribution < 1.29 is 23.1 Å². The topological polar surface area (TPSA) is 94.3 Å². The number of rotatable bonds is 6. The van der Waals surface area contributed by atoms with Crippen molar-refractivity contribution in [2.24, 2.45) is 7.05 Å². The number of benzene rings is 1. The number of nitrogens with zero attached hydrogens (tertiary/aromatic N) is 5. The number of ether oxygens (including phenoxy) is 1. The number of halogens is 3. The van der Waals surface area contributed by atoms with E-state index in [1.54, 1.807) is 36.3 Å². The number of aryl methyl sites for hydroxylation is 1. The van der Waals surface area contributed by atoms with E-state index in [4.69, 9.17) is 16.3 Å². The Kier molecular flexibility index (Phi) is 6.56. The van der Waals surface area contributed by atoms with Gasteiger partial charge in [0.25, 0.3) is 11.8 Å². The third-order valence-corrected chi connectivity index (χ3v) is 6.81. The second kappa shape index (κ2) is 9.80. The summed E-state index contributed by atoms with van der Waals surface area (Å²) in [5, 5.41) is 2.75. The molecule has 4 heterocycles. The minimum atomic E-state index is -0.768. The number of anilines is 1. The molecule has 0 unspecified atom stereocenters. The van der Waals surface area contributed by atoms with Crippen LogP contribution in [0.3, 0.4) is 0 Å². The van der Waals surface area contributed by atoms with Crippen molar-refractivity contribution in [3.8, 4) is 17.2 Å². The lowest BCUT2D eigenvalue weighted by molar-refractivity contribution is -0.125. The Morgan fingerprint density at radius 3 is 2.72 bits per heavy atom. The van der Waals surface area contributed by atoms with E-state index in [0.717, 1.165) is 23.5 Å². The molecule has 1 fully saturated rings. The highest BCUT2D eigenvalue weighted by molar-refractivity contribution is 7.18. The Morgan fingerprint density at radius 1 is 1.25 bits per heavy atom. The maximum atomic E-state index is 15.4. The van der Waals surface area contributed by atoms with Gasteiger partial charge in [0.2, 0.25) is 0 Å². The van der Waals surface area contributed by atoms with Crippen molar-refractivity contribution in [3.05, 3.63) is 69.5 Å². The zero-order valence-corrected chi connectivity index (χ0v) is 20.4. The number of hydrogen-bond donors (Lipinski definition) is 1. The SMILES string of the molecule is Cn1cncc1-c1nc(CNC(=O)c2ccc(Cl)s2)cn1-c1cc(F)c(N2CCOCC2=O)cc1F. The summed E-state index contributed by atoms with van der Waals surface area (Å²) < 4.78 is 39.2. The summed E-state index contributed by atoms with van der Waals surface area (Å²) in [7, 11) is 1.74. The van der Waals surface area contributed by atoms with Crippen molar-refractivity contribution in [3.63, 3.8) is 0 Å². The maximum absolute atomic E-state index is 15.4. The molecule has 0 atom stereocenters. The molecule has 0 saturated carbocycles. The fourth-order valence-corrected chi connectivity index (χ4v) is 4.79. The first-order valence-corrected chi connectivity index (χ1v) is 12.0. The van der Waals surface area contributed by atoms with E-state index < -0.39 is 17.5 Å². The molecule has 0 spiro atoms. The Labute approximate surface area is 212 Å². The van der Waals surface area contributed by atoms with E-state index in [-0.39, 0.29) is 43.6 Å². The zero-order valence-electron chi connectivity index (χ0n) is 18.9. The largest absolute Gasteiger partial charge is 0.370 e. The van der Waals surface area contributed by atoms with Gasteiger partial charge in [0, 0.05) is 31.9 Å². The Balaban J connectivity index is 1.50. The lowest BCUT2D eigenvalue weighted by Gasteiger charge is -2.27. The van der Waals surface area contributed by atoms with Crippen LogP contribution in [0.5, 0.6) is 0 Å². The van der Waals surface area contributed by atoms with Crippen LogP contribution in [0.15, 0.2) is 43.0 Å². The Hall–Kier alpha value is -3.61. The lowest BCUT2D eigenvalue weighted by atomic mass is 10.2. The van der Waals surface area contributed by atoms with Gasteiger partial charge in [-0.1, -0.05) is 11.6 Å². The molecular formula is C23H19ClF2N6O3S. The van der Waals surface area contributed by atoms with Crippen molar-refractivity contribution in [1.29, 1.82) is 0 Å². The molecule has 186 valence electrons. The third kappa shape index (κ3) is 4.62. The van der Waals surface area contributed by atoms with Crippen LogP contribution in [0, 0.1) is 11.6 Å². The van der Waals surface area contributed by atoms with E-state index in [1.807, 2.05) is 0 Å². The molecule has 4 aromatic rings. The minimum absolute atomic E-state index is 0.0384. The van der Waals surface area contributed by atoms with E-state index in [9.17, 15) is 9.59 Å². The van der Waals surface area contributed by atoms with Gasteiger partial charge in [-0.25, -0.2) is 18.7 Å². The van der Waals surface area contributed by atoms with Gasteiger partial charge in [-0.2, -0.15) is 0 Å². The molecule has 3 aromatic heterocycles. The fraction of sp³-hybridized carbons (Fsp3) is 0.217. The van der Waals surface area contributed by atoms with E-state index >= 15 is 8.78 Å². The average molecular weight is 533 g/mol. The van der Waals surface area contributed by atoms with Crippen LogP contribution in [0.2, 0.25) is 4.34 Å². The first kappa shape index (κ1) is 24.1. The standard InChI is InChI=1S/C23H19ClF2N6O3S/c1-30-12-27-9-18(30)22-29-13(8-28-23(34)19-2-3-20(24)36-19)10-32(22)17-7-14(25)16(6-15(17)26)31-4-5-35-11-21(31)33/h2-3,6-7,9-10,12H,4-5,8,11H2,1H3,(H,28,34).